The van der Waals surface area contributed by atoms with Gasteiger partial charge in [0.25, 0.3) is 0 Å². The number of hydrogen-bond acceptors (Lipinski definition) is 3. The minimum atomic E-state index is -0.176. The zero-order chi connectivity index (χ0) is 12.1. The third kappa shape index (κ3) is 2.88. The Morgan fingerprint density at radius 2 is 2.24 bits per heavy atom. The van der Waals surface area contributed by atoms with E-state index in [0.29, 0.717) is 12.1 Å². The number of hydrogen-bond donors (Lipinski definition) is 2. The molecule has 17 heavy (non-hydrogen) atoms. The highest BCUT2D eigenvalue weighted by Crippen LogP contribution is 2.19. The molecule has 1 unspecified atom stereocenters. The molecule has 2 aromatic rings. The maximum absolute atomic E-state index is 13.6. The van der Waals surface area contributed by atoms with Crippen molar-refractivity contribution in [3.63, 3.8) is 0 Å². The van der Waals surface area contributed by atoms with E-state index in [1.807, 2.05) is 13.0 Å². The topological polar surface area (TPSA) is 53.6 Å². The Hall–Kier alpha value is -1.75. The molecule has 4 nitrogen and oxygen atoms in total. The van der Waals surface area contributed by atoms with Crippen LogP contribution in [0.2, 0.25) is 0 Å². The van der Waals surface area contributed by atoms with Gasteiger partial charge < -0.3 is 5.32 Å². The van der Waals surface area contributed by atoms with Gasteiger partial charge in [-0.05, 0) is 12.5 Å². The summed E-state index contributed by atoms with van der Waals surface area (Å²) in [4.78, 5) is 4.02. The molecule has 2 rings (SSSR count). The van der Waals surface area contributed by atoms with Crippen molar-refractivity contribution in [1.29, 1.82) is 0 Å². The monoisotopic (exact) mass is 234 g/mol. The third-order valence-electron chi connectivity index (χ3n) is 2.67. The molecule has 0 saturated heterocycles. The Labute approximate surface area is 99.3 Å². The first-order valence-electron chi connectivity index (χ1n) is 5.63. The van der Waals surface area contributed by atoms with Crippen LogP contribution in [-0.2, 0) is 6.54 Å². The van der Waals surface area contributed by atoms with Gasteiger partial charge in [0.2, 0.25) is 0 Å². The lowest BCUT2D eigenvalue weighted by molar-refractivity contribution is 0.481. The number of halogens is 1. The molecule has 0 aliphatic carbocycles. The van der Waals surface area contributed by atoms with Crippen molar-refractivity contribution in [1.82, 2.24) is 20.5 Å². The normalized spacial score (nSPS) is 12.6. The minimum absolute atomic E-state index is 0.0127. The van der Waals surface area contributed by atoms with Gasteiger partial charge in [-0.15, -0.1) is 0 Å². The first-order chi connectivity index (χ1) is 8.31. The first kappa shape index (κ1) is 11.7. The molecule has 1 heterocycles. The van der Waals surface area contributed by atoms with Gasteiger partial charge in [0.05, 0.1) is 6.54 Å². The molecule has 1 aromatic carbocycles. The van der Waals surface area contributed by atoms with E-state index in [4.69, 9.17) is 0 Å². The van der Waals surface area contributed by atoms with Crippen molar-refractivity contribution in [3.8, 4) is 0 Å². The number of benzene rings is 1. The summed E-state index contributed by atoms with van der Waals surface area (Å²) in [7, 11) is 0. The molecule has 0 radical (unpaired) electrons. The van der Waals surface area contributed by atoms with Crippen LogP contribution in [0, 0.1) is 5.82 Å². The number of rotatable bonds is 5. The molecule has 5 heteroatoms. The van der Waals surface area contributed by atoms with E-state index in [-0.39, 0.29) is 11.9 Å². The molecule has 1 aromatic heterocycles. The predicted molar refractivity (Wildman–Crippen MR) is 62.7 cm³/mol. The van der Waals surface area contributed by atoms with Gasteiger partial charge in [-0.25, -0.2) is 9.37 Å². The minimum Gasteiger partial charge on any atom is -0.303 e. The Balaban J connectivity index is 2.04. The van der Waals surface area contributed by atoms with Gasteiger partial charge in [0, 0.05) is 11.6 Å². The SMILES string of the molecule is CCC(NCc1ncn[nH]1)c1ccccc1F. The molecular weight excluding hydrogens is 219 g/mol. The highest BCUT2D eigenvalue weighted by atomic mass is 19.1. The lowest BCUT2D eigenvalue weighted by atomic mass is 10.0. The zero-order valence-corrected chi connectivity index (χ0v) is 9.65. The van der Waals surface area contributed by atoms with Crippen molar-refractivity contribution in [2.24, 2.45) is 0 Å². The number of aromatic nitrogens is 3. The average Bonchev–Trinajstić information content (AvgIpc) is 2.85. The summed E-state index contributed by atoms with van der Waals surface area (Å²) in [6.07, 6.45) is 2.27. The average molecular weight is 234 g/mol. The maximum Gasteiger partial charge on any atom is 0.138 e. The maximum atomic E-state index is 13.6. The standard InChI is InChI=1S/C12H15FN4/c1-2-11(9-5-3-4-6-10(9)13)14-7-12-15-8-16-17-12/h3-6,8,11,14H,2,7H2,1H3,(H,15,16,17). The third-order valence-corrected chi connectivity index (χ3v) is 2.67. The van der Waals surface area contributed by atoms with Gasteiger partial charge in [-0.3, -0.25) is 5.10 Å². The predicted octanol–water partition coefficient (Wildman–Crippen LogP) is 2.18. The summed E-state index contributed by atoms with van der Waals surface area (Å²) in [5.41, 5.74) is 0.689. The lowest BCUT2D eigenvalue weighted by Gasteiger charge is -2.17. The van der Waals surface area contributed by atoms with Gasteiger partial charge in [0.1, 0.15) is 18.0 Å². The lowest BCUT2D eigenvalue weighted by Crippen LogP contribution is -2.21. The number of aromatic amines is 1. The Morgan fingerprint density at radius 3 is 2.88 bits per heavy atom. The largest absolute Gasteiger partial charge is 0.303 e. The van der Waals surface area contributed by atoms with Gasteiger partial charge in [0.15, 0.2) is 0 Å². The molecule has 0 bridgehead atoms. The van der Waals surface area contributed by atoms with Crippen LogP contribution in [0.4, 0.5) is 4.39 Å². The number of nitrogens with zero attached hydrogens (tertiary/aromatic N) is 2. The molecule has 0 aliphatic heterocycles. The molecule has 0 amide bonds. The molecule has 2 N–H and O–H groups in total. The zero-order valence-electron chi connectivity index (χ0n) is 9.65. The highest BCUT2D eigenvalue weighted by Gasteiger charge is 2.13. The van der Waals surface area contributed by atoms with Crippen molar-refractivity contribution in [2.45, 2.75) is 25.9 Å². The van der Waals surface area contributed by atoms with Crippen LogP contribution in [0.25, 0.3) is 0 Å². The van der Waals surface area contributed by atoms with Crippen LogP contribution in [0.3, 0.4) is 0 Å². The second kappa shape index (κ2) is 5.54. The highest BCUT2D eigenvalue weighted by molar-refractivity contribution is 5.21. The summed E-state index contributed by atoms with van der Waals surface area (Å²) >= 11 is 0. The number of nitrogens with one attached hydrogen (secondary N) is 2. The second-order valence-corrected chi connectivity index (χ2v) is 3.80. The van der Waals surface area contributed by atoms with Gasteiger partial charge >= 0.3 is 0 Å². The smallest absolute Gasteiger partial charge is 0.138 e. The Morgan fingerprint density at radius 1 is 1.41 bits per heavy atom. The summed E-state index contributed by atoms with van der Waals surface area (Å²) in [5.74, 6) is 0.573. The summed E-state index contributed by atoms with van der Waals surface area (Å²) in [6, 6.07) is 6.81. The van der Waals surface area contributed by atoms with E-state index < -0.39 is 0 Å². The van der Waals surface area contributed by atoms with E-state index in [9.17, 15) is 4.39 Å². The van der Waals surface area contributed by atoms with E-state index >= 15 is 0 Å². The van der Waals surface area contributed by atoms with Crippen LogP contribution in [-0.4, -0.2) is 15.2 Å². The van der Waals surface area contributed by atoms with Crippen molar-refractivity contribution in [2.75, 3.05) is 0 Å². The van der Waals surface area contributed by atoms with Crippen LogP contribution in [0.5, 0.6) is 0 Å². The molecule has 0 aliphatic rings. The molecule has 0 fully saturated rings. The summed E-state index contributed by atoms with van der Waals surface area (Å²) < 4.78 is 13.6. The molecule has 0 saturated carbocycles. The second-order valence-electron chi connectivity index (χ2n) is 3.80. The molecule has 1 atom stereocenters. The van der Waals surface area contributed by atoms with Crippen molar-refractivity contribution >= 4 is 0 Å². The van der Waals surface area contributed by atoms with Crippen LogP contribution < -0.4 is 5.32 Å². The van der Waals surface area contributed by atoms with Gasteiger partial charge in [-0.1, -0.05) is 25.1 Å². The van der Waals surface area contributed by atoms with E-state index in [0.717, 1.165) is 12.2 Å². The fraction of sp³-hybridized carbons (Fsp3) is 0.333. The molecular formula is C12H15FN4. The quantitative estimate of drug-likeness (QED) is 0.833. The number of H-pyrrole nitrogens is 1. The van der Waals surface area contributed by atoms with Crippen LogP contribution >= 0.6 is 0 Å². The van der Waals surface area contributed by atoms with Crippen LogP contribution in [0.1, 0.15) is 30.8 Å². The summed E-state index contributed by atoms with van der Waals surface area (Å²) in [6.45, 7) is 2.57. The fourth-order valence-electron chi connectivity index (χ4n) is 1.77. The van der Waals surface area contributed by atoms with E-state index in [2.05, 4.69) is 20.5 Å². The Kier molecular flexibility index (Phi) is 3.82. The fourth-order valence-corrected chi connectivity index (χ4v) is 1.77. The molecule has 90 valence electrons. The van der Waals surface area contributed by atoms with E-state index in [1.54, 1.807) is 12.1 Å². The van der Waals surface area contributed by atoms with Crippen LogP contribution in [0.15, 0.2) is 30.6 Å². The summed E-state index contributed by atoms with van der Waals surface area (Å²) in [5, 5.41) is 9.79. The van der Waals surface area contributed by atoms with Crippen molar-refractivity contribution < 1.29 is 4.39 Å². The van der Waals surface area contributed by atoms with Gasteiger partial charge in [-0.2, -0.15) is 5.10 Å². The van der Waals surface area contributed by atoms with E-state index in [1.165, 1.54) is 12.4 Å². The molecule has 0 spiro atoms. The van der Waals surface area contributed by atoms with Crippen molar-refractivity contribution in [3.05, 3.63) is 47.8 Å². The first-order valence-corrected chi connectivity index (χ1v) is 5.63. The Bertz CT molecular complexity index is 455.